The number of amides is 1. The highest BCUT2D eigenvalue weighted by Gasteiger charge is 2.24. The van der Waals surface area contributed by atoms with E-state index in [0.29, 0.717) is 18.9 Å². The SMILES string of the molecule is Cc1cc(I)ccc1NC(=O)CCC(CCN)C(C)(C)C. The molecule has 0 fully saturated rings. The van der Waals surface area contributed by atoms with Gasteiger partial charge in [0.25, 0.3) is 0 Å². The summed E-state index contributed by atoms with van der Waals surface area (Å²) in [7, 11) is 0. The van der Waals surface area contributed by atoms with E-state index in [4.69, 9.17) is 5.73 Å². The zero-order chi connectivity index (χ0) is 16.0. The molecule has 0 saturated carbocycles. The molecule has 1 atom stereocenters. The number of halogens is 1. The summed E-state index contributed by atoms with van der Waals surface area (Å²) in [5, 5.41) is 3.01. The Balaban J connectivity index is 2.57. The first kappa shape index (κ1) is 18.4. The minimum Gasteiger partial charge on any atom is -0.330 e. The van der Waals surface area contributed by atoms with Crippen LogP contribution in [-0.2, 0) is 4.79 Å². The molecule has 0 heterocycles. The molecule has 1 amide bonds. The molecule has 3 N–H and O–H groups in total. The molecule has 0 saturated heterocycles. The second kappa shape index (κ2) is 8.13. The summed E-state index contributed by atoms with van der Waals surface area (Å²) in [5.41, 5.74) is 7.89. The van der Waals surface area contributed by atoms with E-state index in [2.05, 4.69) is 54.7 Å². The van der Waals surface area contributed by atoms with Crippen molar-refractivity contribution in [3.63, 3.8) is 0 Å². The fourth-order valence-corrected chi connectivity index (χ4v) is 3.14. The number of hydrogen-bond acceptors (Lipinski definition) is 2. The monoisotopic (exact) mass is 402 g/mol. The van der Waals surface area contributed by atoms with Crippen LogP contribution in [0, 0.1) is 21.8 Å². The molecule has 0 aliphatic carbocycles. The van der Waals surface area contributed by atoms with Crippen LogP contribution in [0.4, 0.5) is 5.69 Å². The predicted molar refractivity (Wildman–Crippen MR) is 98.4 cm³/mol. The number of nitrogens with one attached hydrogen (secondary N) is 1. The normalized spacial score (nSPS) is 13.0. The van der Waals surface area contributed by atoms with Gasteiger partial charge in [0.2, 0.25) is 5.91 Å². The number of aryl methyl sites for hydroxylation is 1. The average Bonchev–Trinajstić information content (AvgIpc) is 2.36. The van der Waals surface area contributed by atoms with Crippen molar-refractivity contribution < 1.29 is 4.79 Å². The Morgan fingerprint density at radius 3 is 2.52 bits per heavy atom. The van der Waals surface area contributed by atoms with Crippen LogP contribution in [-0.4, -0.2) is 12.5 Å². The van der Waals surface area contributed by atoms with Crippen LogP contribution in [0.2, 0.25) is 0 Å². The van der Waals surface area contributed by atoms with E-state index in [0.717, 1.165) is 24.1 Å². The van der Waals surface area contributed by atoms with Crippen molar-refractivity contribution in [3.8, 4) is 0 Å². The molecule has 1 rings (SSSR count). The van der Waals surface area contributed by atoms with Crippen LogP contribution in [0.3, 0.4) is 0 Å². The van der Waals surface area contributed by atoms with Crippen molar-refractivity contribution in [2.75, 3.05) is 11.9 Å². The van der Waals surface area contributed by atoms with E-state index in [1.807, 2.05) is 19.1 Å². The maximum absolute atomic E-state index is 12.1. The molecule has 0 aromatic heterocycles. The summed E-state index contributed by atoms with van der Waals surface area (Å²) in [6, 6.07) is 6.05. The van der Waals surface area contributed by atoms with Crippen molar-refractivity contribution in [1.29, 1.82) is 0 Å². The van der Waals surface area contributed by atoms with Crippen LogP contribution in [0.5, 0.6) is 0 Å². The van der Waals surface area contributed by atoms with E-state index in [-0.39, 0.29) is 11.3 Å². The first-order chi connectivity index (χ1) is 9.74. The molecule has 0 aliphatic rings. The molecule has 0 aliphatic heterocycles. The Bertz CT molecular complexity index is 480. The second-order valence-electron chi connectivity index (χ2n) is 6.69. The van der Waals surface area contributed by atoms with Crippen LogP contribution >= 0.6 is 22.6 Å². The maximum Gasteiger partial charge on any atom is 0.224 e. The van der Waals surface area contributed by atoms with Gasteiger partial charge in [0.15, 0.2) is 0 Å². The fraction of sp³-hybridized carbons (Fsp3) is 0.588. The number of anilines is 1. The number of carbonyl (C=O) groups excluding carboxylic acids is 1. The quantitative estimate of drug-likeness (QED) is 0.696. The molecule has 118 valence electrons. The average molecular weight is 402 g/mol. The van der Waals surface area contributed by atoms with Crippen molar-refractivity contribution in [2.24, 2.45) is 17.1 Å². The van der Waals surface area contributed by atoms with E-state index in [1.54, 1.807) is 0 Å². The topological polar surface area (TPSA) is 55.1 Å². The third-order valence-electron chi connectivity index (χ3n) is 3.92. The lowest BCUT2D eigenvalue weighted by Gasteiger charge is -2.30. The molecular formula is C17H27IN2O. The van der Waals surface area contributed by atoms with Gasteiger partial charge in [0.1, 0.15) is 0 Å². The molecule has 0 bridgehead atoms. The maximum atomic E-state index is 12.1. The van der Waals surface area contributed by atoms with Crippen molar-refractivity contribution in [3.05, 3.63) is 27.3 Å². The van der Waals surface area contributed by atoms with E-state index in [1.165, 1.54) is 3.57 Å². The van der Waals surface area contributed by atoms with Gasteiger partial charge in [0.05, 0.1) is 0 Å². The smallest absolute Gasteiger partial charge is 0.224 e. The predicted octanol–water partition coefficient (Wildman–Crippen LogP) is 4.33. The summed E-state index contributed by atoms with van der Waals surface area (Å²) in [5.74, 6) is 0.566. The van der Waals surface area contributed by atoms with Gasteiger partial charge in [-0.3, -0.25) is 4.79 Å². The van der Waals surface area contributed by atoms with E-state index < -0.39 is 0 Å². The Morgan fingerprint density at radius 1 is 1.33 bits per heavy atom. The summed E-state index contributed by atoms with van der Waals surface area (Å²) in [4.78, 5) is 12.1. The van der Waals surface area contributed by atoms with Crippen molar-refractivity contribution in [2.45, 2.75) is 47.0 Å². The standard InChI is InChI=1S/C17H27IN2O/c1-12-11-14(18)6-7-15(12)20-16(21)8-5-13(9-10-19)17(2,3)4/h6-7,11,13H,5,8-10,19H2,1-4H3,(H,20,21). The number of carbonyl (C=O) groups is 1. The molecule has 0 spiro atoms. The second-order valence-corrected chi connectivity index (χ2v) is 7.93. The molecular weight excluding hydrogens is 375 g/mol. The highest BCUT2D eigenvalue weighted by molar-refractivity contribution is 14.1. The fourth-order valence-electron chi connectivity index (χ4n) is 2.50. The Labute approximate surface area is 142 Å². The lowest BCUT2D eigenvalue weighted by atomic mass is 9.76. The molecule has 21 heavy (non-hydrogen) atoms. The molecule has 1 unspecified atom stereocenters. The highest BCUT2D eigenvalue weighted by Crippen LogP contribution is 2.32. The summed E-state index contributed by atoms with van der Waals surface area (Å²) in [6.45, 7) is 9.35. The number of rotatable bonds is 6. The Morgan fingerprint density at radius 2 is 2.00 bits per heavy atom. The molecule has 1 aromatic rings. The summed E-state index contributed by atoms with van der Waals surface area (Å²) in [6.07, 6.45) is 2.41. The van der Waals surface area contributed by atoms with E-state index >= 15 is 0 Å². The van der Waals surface area contributed by atoms with Crippen LogP contribution in [0.25, 0.3) is 0 Å². The highest BCUT2D eigenvalue weighted by atomic mass is 127. The summed E-state index contributed by atoms with van der Waals surface area (Å²) >= 11 is 2.27. The Kier molecular flexibility index (Phi) is 7.13. The summed E-state index contributed by atoms with van der Waals surface area (Å²) < 4.78 is 1.18. The lowest BCUT2D eigenvalue weighted by Crippen LogP contribution is -2.25. The minimum atomic E-state index is 0.0885. The van der Waals surface area contributed by atoms with Gasteiger partial charge in [-0.1, -0.05) is 20.8 Å². The largest absolute Gasteiger partial charge is 0.330 e. The molecule has 4 heteroatoms. The van der Waals surface area contributed by atoms with Crippen molar-refractivity contribution in [1.82, 2.24) is 0 Å². The van der Waals surface area contributed by atoms with Crippen molar-refractivity contribution >= 4 is 34.2 Å². The van der Waals surface area contributed by atoms with E-state index in [9.17, 15) is 4.79 Å². The van der Waals surface area contributed by atoms with Crippen LogP contribution in [0.1, 0.15) is 45.6 Å². The third kappa shape index (κ3) is 6.34. The first-order valence-corrected chi connectivity index (χ1v) is 8.58. The lowest BCUT2D eigenvalue weighted by molar-refractivity contribution is -0.116. The molecule has 3 nitrogen and oxygen atoms in total. The number of hydrogen-bond donors (Lipinski definition) is 2. The molecule has 1 aromatic carbocycles. The van der Waals surface area contributed by atoms with Gasteiger partial charge in [-0.2, -0.15) is 0 Å². The van der Waals surface area contributed by atoms with Gasteiger partial charge in [-0.15, -0.1) is 0 Å². The van der Waals surface area contributed by atoms with Crippen LogP contribution < -0.4 is 11.1 Å². The first-order valence-electron chi connectivity index (χ1n) is 7.50. The zero-order valence-electron chi connectivity index (χ0n) is 13.5. The number of benzene rings is 1. The molecule has 0 radical (unpaired) electrons. The Hall–Kier alpha value is -0.620. The van der Waals surface area contributed by atoms with Gasteiger partial charge in [0, 0.05) is 15.7 Å². The van der Waals surface area contributed by atoms with Gasteiger partial charge >= 0.3 is 0 Å². The number of nitrogens with two attached hydrogens (primary N) is 1. The zero-order valence-corrected chi connectivity index (χ0v) is 15.7. The van der Waals surface area contributed by atoms with Gasteiger partial charge in [-0.05, 0) is 84.0 Å². The van der Waals surface area contributed by atoms with Gasteiger partial charge in [-0.25, -0.2) is 0 Å². The van der Waals surface area contributed by atoms with Gasteiger partial charge < -0.3 is 11.1 Å². The van der Waals surface area contributed by atoms with Crippen LogP contribution in [0.15, 0.2) is 18.2 Å². The minimum absolute atomic E-state index is 0.0885. The third-order valence-corrected chi connectivity index (χ3v) is 4.59.